The van der Waals surface area contributed by atoms with Gasteiger partial charge in [0.2, 0.25) is 5.91 Å². The number of carbonyl (C=O) groups is 1. The molecule has 0 aliphatic carbocycles. The standard InChI is InChI=1S/C27H35N3OS/c1-4-7-14-21(5-2)26(31)28-19-20-32-27-29-24(22-15-10-8-11-16-22)25(30(27)6-3)23-17-12-9-13-18-23/h8-13,15-18,21H,4-7,14,19-20H2,1-3H3,(H,28,31). The summed E-state index contributed by atoms with van der Waals surface area (Å²) in [6, 6.07) is 20.8. The maximum Gasteiger partial charge on any atom is 0.223 e. The largest absolute Gasteiger partial charge is 0.355 e. The van der Waals surface area contributed by atoms with Gasteiger partial charge in [0.1, 0.15) is 0 Å². The fourth-order valence-electron chi connectivity index (χ4n) is 3.95. The van der Waals surface area contributed by atoms with E-state index in [0.29, 0.717) is 6.54 Å². The summed E-state index contributed by atoms with van der Waals surface area (Å²) >= 11 is 1.71. The second kappa shape index (κ2) is 12.5. The van der Waals surface area contributed by atoms with Crippen LogP contribution in [0.25, 0.3) is 22.5 Å². The smallest absolute Gasteiger partial charge is 0.223 e. The number of hydrogen-bond donors (Lipinski definition) is 1. The molecule has 1 aromatic heterocycles. The molecule has 3 rings (SSSR count). The molecule has 0 aliphatic rings. The minimum atomic E-state index is 0.131. The second-order valence-electron chi connectivity index (χ2n) is 7.95. The Morgan fingerprint density at radius 2 is 1.66 bits per heavy atom. The molecule has 0 saturated carbocycles. The molecule has 32 heavy (non-hydrogen) atoms. The zero-order valence-corrected chi connectivity index (χ0v) is 20.3. The highest BCUT2D eigenvalue weighted by molar-refractivity contribution is 7.99. The third-order valence-electron chi connectivity index (χ3n) is 5.75. The molecule has 0 fully saturated rings. The lowest BCUT2D eigenvalue weighted by molar-refractivity contribution is -0.125. The van der Waals surface area contributed by atoms with E-state index in [0.717, 1.165) is 60.1 Å². The van der Waals surface area contributed by atoms with Crippen molar-refractivity contribution in [3.63, 3.8) is 0 Å². The number of carbonyl (C=O) groups excluding carboxylic acids is 1. The van der Waals surface area contributed by atoms with Crippen molar-refractivity contribution < 1.29 is 4.79 Å². The fraction of sp³-hybridized carbons (Fsp3) is 0.407. The van der Waals surface area contributed by atoms with E-state index >= 15 is 0 Å². The van der Waals surface area contributed by atoms with Crippen LogP contribution in [0.4, 0.5) is 0 Å². The van der Waals surface area contributed by atoms with Crippen LogP contribution in [0.5, 0.6) is 0 Å². The molecule has 170 valence electrons. The zero-order valence-electron chi connectivity index (χ0n) is 19.5. The molecule has 1 unspecified atom stereocenters. The number of thioether (sulfide) groups is 1. The van der Waals surface area contributed by atoms with E-state index in [1.165, 1.54) is 5.56 Å². The van der Waals surface area contributed by atoms with E-state index in [9.17, 15) is 4.79 Å². The lowest BCUT2D eigenvalue weighted by Crippen LogP contribution is -2.32. The molecule has 0 aliphatic heterocycles. The molecule has 0 bridgehead atoms. The SMILES string of the molecule is CCCCC(CC)C(=O)NCCSc1nc(-c2ccccc2)c(-c2ccccc2)n1CC. The number of unbranched alkanes of at least 4 members (excludes halogenated alkanes) is 1. The Morgan fingerprint density at radius 3 is 2.25 bits per heavy atom. The van der Waals surface area contributed by atoms with Crippen molar-refractivity contribution in [2.45, 2.75) is 58.2 Å². The van der Waals surface area contributed by atoms with Crippen LogP contribution < -0.4 is 5.32 Å². The molecule has 1 N–H and O–H groups in total. The third-order valence-corrected chi connectivity index (χ3v) is 6.72. The van der Waals surface area contributed by atoms with E-state index < -0.39 is 0 Å². The lowest BCUT2D eigenvalue weighted by Gasteiger charge is -2.14. The van der Waals surface area contributed by atoms with Gasteiger partial charge < -0.3 is 9.88 Å². The second-order valence-corrected chi connectivity index (χ2v) is 9.02. The maximum absolute atomic E-state index is 12.5. The third kappa shape index (κ3) is 6.04. The first-order chi connectivity index (χ1) is 15.7. The highest BCUT2D eigenvalue weighted by atomic mass is 32.2. The van der Waals surface area contributed by atoms with Gasteiger partial charge in [0.05, 0.1) is 11.4 Å². The Labute approximate surface area is 196 Å². The Bertz CT molecular complexity index is 969. The van der Waals surface area contributed by atoms with E-state index in [1.807, 2.05) is 12.1 Å². The lowest BCUT2D eigenvalue weighted by atomic mass is 9.98. The van der Waals surface area contributed by atoms with E-state index in [2.05, 4.69) is 79.2 Å². The first kappa shape index (κ1) is 24.1. The van der Waals surface area contributed by atoms with Gasteiger partial charge in [-0.1, -0.05) is 99.1 Å². The molecule has 0 saturated heterocycles. The Morgan fingerprint density at radius 1 is 1.00 bits per heavy atom. The molecule has 2 aromatic carbocycles. The minimum Gasteiger partial charge on any atom is -0.355 e. The van der Waals surface area contributed by atoms with Gasteiger partial charge in [-0.2, -0.15) is 0 Å². The first-order valence-electron chi connectivity index (χ1n) is 11.8. The van der Waals surface area contributed by atoms with Crippen molar-refractivity contribution in [3.05, 3.63) is 60.7 Å². The summed E-state index contributed by atoms with van der Waals surface area (Å²) in [5.74, 6) is 1.12. The number of hydrogen-bond acceptors (Lipinski definition) is 3. The number of aromatic nitrogens is 2. The van der Waals surface area contributed by atoms with Gasteiger partial charge in [0, 0.05) is 35.9 Å². The Kier molecular flexibility index (Phi) is 9.42. The fourth-order valence-corrected chi connectivity index (χ4v) is 4.87. The summed E-state index contributed by atoms with van der Waals surface area (Å²) in [5, 5.41) is 4.14. The normalized spacial score (nSPS) is 12.0. The summed E-state index contributed by atoms with van der Waals surface area (Å²) < 4.78 is 2.29. The molecule has 1 heterocycles. The molecule has 0 radical (unpaired) electrons. The number of benzene rings is 2. The molecular formula is C27H35N3OS. The quantitative estimate of drug-likeness (QED) is 0.248. The molecule has 4 nitrogen and oxygen atoms in total. The summed E-state index contributed by atoms with van der Waals surface area (Å²) in [5.41, 5.74) is 4.45. The predicted molar refractivity (Wildman–Crippen MR) is 136 cm³/mol. The predicted octanol–water partition coefficient (Wildman–Crippen LogP) is 6.66. The zero-order chi connectivity index (χ0) is 22.8. The van der Waals surface area contributed by atoms with Crippen LogP contribution in [0.1, 0.15) is 46.5 Å². The number of rotatable bonds is 12. The van der Waals surface area contributed by atoms with Gasteiger partial charge in [-0.25, -0.2) is 4.98 Å². The van der Waals surface area contributed by atoms with Crippen LogP contribution in [-0.2, 0) is 11.3 Å². The first-order valence-corrected chi connectivity index (χ1v) is 12.8. The van der Waals surface area contributed by atoms with Crippen molar-refractivity contribution in [2.24, 2.45) is 5.92 Å². The molecule has 1 atom stereocenters. The summed E-state index contributed by atoms with van der Waals surface area (Å²) in [6.45, 7) is 7.93. The van der Waals surface area contributed by atoms with Gasteiger partial charge in [-0.05, 0) is 19.8 Å². The van der Waals surface area contributed by atoms with Crippen LogP contribution in [0, 0.1) is 5.92 Å². The topological polar surface area (TPSA) is 46.9 Å². The van der Waals surface area contributed by atoms with Crippen molar-refractivity contribution in [2.75, 3.05) is 12.3 Å². The van der Waals surface area contributed by atoms with Crippen LogP contribution >= 0.6 is 11.8 Å². The minimum absolute atomic E-state index is 0.131. The van der Waals surface area contributed by atoms with Gasteiger partial charge in [-0.15, -0.1) is 0 Å². The highest BCUT2D eigenvalue weighted by Crippen LogP contribution is 2.35. The highest BCUT2D eigenvalue weighted by Gasteiger charge is 2.20. The summed E-state index contributed by atoms with van der Waals surface area (Å²) in [6.07, 6.45) is 4.12. The van der Waals surface area contributed by atoms with E-state index in [4.69, 9.17) is 4.98 Å². The summed E-state index contributed by atoms with van der Waals surface area (Å²) in [7, 11) is 0. The number of nitrogens with one attached hydrogen (secondary N) is 1. The molecule has 5 heteroatoms. The average Bonchev–Trinajstić information content (AvgIpc) is 3.22. The molecular weight excluding hydrogens is 414 g/mol. The molecule has 0 spiro atoms. The van der Waals surface area contributed by atoms with Crippen LogP contribution in [0.2, 0.25) is 0 Å². The van der Waals surface area contributed by atoms with Crippen molar-refractivity contribution in [1.29, 1.82) is 0 Å². The van der Waals surface area contributed by atoms with E-state index in [1.54, 1.807) is 11.8 Å². The average molecular weight is 450 g/mol. The van der Waals surface area contributed by atoms with Crippen LogP contribution in [-0.4, -0.2) is 27.8 Å². The van der Waals surface area contributed by atoms with Crippen molar-refractivity contribution in [3.8, 4) is 22.5 Å². The molecule has 3 aromatic rings. The van der Waals surface area contributed by atoms with Gasteiger partial charge in [-0.3, -0.25) is 4.79 Å². The monoisotopic (exact) mass is 449 g/mol. The Balaban J connectivity index is 1.76. The van der Waals surface area contributed by atoms with Crippen molar-refractivity contribution >= 4 is 17.7 Å². The number of nitrogens with zero attached hydrogens (tertiary/aromatic N) is 2. The van der Waals surface area contributed by atoms with Crippen molar-refractivity contribution in [1.82, 2.24) is 14.9 Å². The van der Waals surface area contributed by atoms with E-state index in [-0.39, 0.29) is 11.8 Å². The van der Waals surface area contributed by atoms with Gasteiger partial charge in [0.25, 0.3) is 0 Å². The number of amides is 1. The van der Waals surface area contributed by atoms with Gasteiger partial charge >= 0.3 is 0 Å². The summed E-state index contributed by atoms with van der Waals surface area (Å²) in [4.78, 5) is 17.6. The molecule has 1 amide bonds. The van der Waals surface area contributed by atoms with Gasteiger partial charge in [0.15, 0.2) is 5.16 Å². The van der Waals surface area contributed by atoms with Crippen LogP contribution in [0.15, 0.2) is 65.8 Å². The number of imidazole rings is 1. The maximum atomic E-state index is 12.5. The van der Waals surface area contributed by atoms with Crippen LogP contribution in [0.3, 0.4) is 0 Å². The Hall–Kier alpha value is -2.53.